The van der Waals surface area contributed by atoms with Crippen LogP contribution in [0.4, 0.5) is 0 Å². The predicted molar refractivity (Wildman–Crippen MR) is 104 cm³/mol. The zero-order chi connectivity index (χ0) is 19.4. The lowest BCUT2D eigenvalue weighted by Gasteiger charge is -2.44. The number of likely N-dealkylation sites (tertiary alicyclic amines) is 2. The van der Waals surface area contributed by atoms with E-state index in [0.29, 0.717) is 25.5 Å². The van der Waals surface area contributed by atoms with Gasteiger partial charge < -0.3 is 14.5 Å². The molecule has 0 saturated carbocycles. The molecule has 0 N–H and O–H groups in total. The third kappa shape index (κ3) is 4.17. The van der Waals surface area contributed by atoms with Crippen molar-refractivity contribution >= 4 is 11.8 Å². The van der Waals surface area contributed by atoms with Crippen LogP contribution in [0.15, 0.2) is 30.3 Å². The number of rotatable bonds is 6. The zero-order valence-electron chi connectivity index (χ0n) is 16.7. The quantitative estimate of drug-likeness (QED) is 0.752. The van der Waals surface area contributed by atoms with Crippen LogP contribution in [0, 0.1) is 5.92 Å². The van der Waals surface area contributed by atoms with Crippen molar-refractivity contribution in [3.63, 3.8) is 0 Å². The number of ether oxygens (including phenoxy) is 1. The third-order valence-electron chi connectivity index (χ3n) is 6.11. The van der Waals surface area contributed by atoms with Gasteiger partial charge >= 0.3 is 0 Å². The summed E-state index contributed by atoms with van der Waals surface area (Å²) >= 11 is 0. The van der Waals surface area contributed by atoms with Crippen molar-refractivity contribution in [3.8, 4) is 0 Å². The van der Waals surface area contributed by atoms with Crippen molar-refractivity contribution in [2.75, 3.05) is 60.5 Å². The van der Waals surface area contributed by atoms with E-state index in [1.807, 2.05) is 11.0 Å². The molecule has 2 fully saturated rings. The van der Waals surface area contributed by atoms with Crippen LogP contribution in [0.1, 0.15) is 18.4 Å². The highest BCUT2D eigenvalue weighted by atomic mass is 16.5. The van der Waals surface area contributed by atoms with Gasteiger partial charge in [0, 0.05) is 58.7 Å². The molecule has 0 radical (unpaired) electrons. The Balaban J connectivity index is 1.79. The van der Waals surface area contributed by atoms with Gasteiger partial charge in [0.05, 0.1) is 19.6 Å². The first-order valence-corrected chi connectivity index (χ1v) is 9.71. The van der Waals surface area contributed by atoms with Crippen LogP contribution in [0.5, 0.6) is 0 Å². The number of likely N-dealkylation sites (N-methyl/N-ethyl adjacent to an activating group) is 1. The van der Waals surface area contributed by atoms with Crippen molar-refractivity contribution in [1.82, 2.24) is 14.7 Å². The van der Waals surface area contributed by atoms with Gasteiger partial charge in [-0.05, 0) is 12.0 Å². The molecule has 2 atom stereocenters. The standard InChI is InChI=1S/C21H31N3O3/c1-22(2)20(26)15-23-13-18-14-24(19(25)9-12-27-3)11-10-21(18,16-23)17-7-5-4-6-8-17/h4-8,18H,9-16H2,1-3H3. The summed E-state index contributed by atoms with van der Waals surface area (Å²) in [5.74, 6) is 0.640. The van der Waals surface area contributed by atoms with E-state index in [1.54, 1.807) is 26.1 Å². The van der Waals surface area contributed by atoms with Crippen LogP contribution in [0.3, 0.4) is 0 Å². The first-order valence-electron chi connectivity index (χ1n) is 9.71. The monoisotopic (exact) mass is 373 g/mol. The fourth-order valence-electron chi connectivity index (χ4n) is 4.56. The molecule has 0 bridgehead atoms. The van der Waals surface area contributed by atoms with Gasteiger partial charge in [-0.3, -0.25) is 14.5 Å². The summed E-state index contributed by atoms with van der Waals surface area (Å²) < 4.78 is 5.06. The number of carbonyl (C=O) groups is 2. The molecule has 148 valence electrons. The van der Waals surface area contributed by atoms with Gasteiger partial charge in [-0.1, -0.05) is 30.3 Å². The fraction of sp³-hybridized carbons (Fsp3) is 0.619. The molecular formula is C21H31N3O3. The van der Waals surface area contributed by atoms with E-state index in [1.165, 1.54) is 5.56 Å². The van der Waals surface area contributed by atoms with E-state index in [2.05, 4.69) is 29.2 Å². The molecule has 2 aliphatic rings. The highest BCUT2D eigenvalue weighted by Gasteiger charge is 2.51. The molecule has 0 spiro atoms. The van der Waals surface area contributed by atoms with Gasteiger partial charge in [0.1, 0.15) is 0 Å². The fourth-order valence-corrected chi connectivity index (χ4v) is 4.56. The smallest absolute Gasteiger partial charge is 0.236 e. The van der Waals surface area contributed by atoms with Gasteiger partial charge in [-0.2, -0.15) is 0 Å². The minimum atomic E-state index is 0.0197. The minimum Gasteiger partial charge on any atom is -0.384 e. The van der Waals surface area contributed by atoms with Gasteiger partial charge in [0.25, 0.3) is 0 Å². The minimum absolute atomic E-state index is 0.0197. The summed E-state index contributed by atoms with van der Waals surface area (Å²) in [5, 5.41) is 0. The van der Waals surface area contributed by atoms with Crippen molar-refractivity contribution in [2.45, 2.75) is 18.3 Å². The van der Waals surface area contributed by atoms with E-state index in [4.69, 9.17) is 4.74 Å². The zero-order valence-corrected chi connectivity index (χ0v) is 16.7. The van der Waals surface area contributed by atoms with Gasteiger partial charge in [-0.25, -0.2) is 0 Å². The molecule has 2 unspecified atom stereocenters. The van der Waals surface area contributed by atoms with Crippen LogP contribution in [0.2, 0.25) is 0 Å². The lowest BCUT2D eigenvalue weighted by Crippen LogP contribution is -2.51. The maximum absolute atomic E-state index is 12.5. The molecule has 3 rings (SSSR count). The predicted octanol–water partition coefficient (Wildman–Crippen LogP) is 1.21. The molecule has 2 saturated heterocycles. The first-order chi connectivity index (χ1) is 13.0. The average Bonchev–Trinajstić information content (AvgIpc) is 3.04. The molecule has 1 aromatic rings. The van der Waals surface area contributed by atoms with E-state index >= 15 is 0 Å². The van der Waals surface area contributed by atoms with Crippen LogP contribution in [-0.2, 0) is 19.7 Å². The van der Waals surface area contributed by atoms with Crippen LogP contribution >= 0.6 is 0 Å². The maximum Gasteiger partial charge on any atom is 0.236 e. The Morgan fingerprint density at radius 1 is 1.22 bits per heavy atom. The van der Waals surface area contributed by atoms with Crippen LogP contribution < -0.4 is 0 Å². The summed E-state index contributed by atoms with van der Waals surface area (Å²) in [4.78, 5) is 30.7. The summed E-state index contributed by atoms with van der Waals surface area (Å²) in [6.45, 7) is 4.15. The largest absolute Gasteiger partial charge is 0.384 e. The molecule has 2 heterocycles. The number of nitrogens with zero attached hydrogens (tertiary/aromatic N) is 3. The summed E-state index contributed by atoms with van der Waals surface area (Å²) in [6.07, 6.45) is 1.37. The molecule has 6 heteroatoms. The number of amides is 2. The Labute approximate surface area is 162 Å². The Morgan fingerprint density at radius 3 is 2.63 bits per heavy atom. The second-order valence-corrected chi connectivity index (χ2v) is 8.01. The van der Waals surface area contributed by atoms with E-state index < -0.39 is 0 Å². The first kappa shape index (κ1) is 19.8. The SMILES string of the molecule is COCCC(=O)N1CCC2(c3ccccc3)CN(CC(=O)N(C)C)CC2C1. The van der Waals surface area contributed by atoms with Gasteiger partial charge in [0.2, 0.25) is 11.8 Å². The molecular weight excluding hydrogens is 342 g/mol. The molecule has 1 aromatic carbocycles. The number of piperidine rings is 1. The van der Waals surface area contributed by atoms with E-state index in [-0.39, 0.29) is 17.2 Å². The molecule has 27 heavy (non-hydrogen) atoms. The number of carbonyl (C=O) groups excluding carboxylic acids is 2. The third-order valence-corrected chi connectivity index (χ3v) is 6.11. The number of benzene rings is 1. The van der Waals surface area contributed by atoms with Crippen molar-refractivity contribution in [2.24, 2.45) is 5.92 Å². The topological polar surface area (TPSA) is 53.1 Å². The van der Waals surface area contributed by atoms with Crippen LogP contribution in [-0.4, -0.2) is 87.0 Å². The number of fused-ring (bicyclic) bond motifs is 1. The van der Waals surface area contributed by atoms with Crippen molar-refractivity contribution in [3.05, 3.63) is 35.9 Å². The second-order valence-electron chi connectivity index (χ2n) is 8.01. The second kappa shape index (κ2) is 8.40. The number of hydrogen-bond acceptors (Lipinski definition) is 4. The molecule has 2 aliphatic heterocycles. The molecule has 2 amide bonds. The maximum atomic E-state index is 12.5. The normalized spacial score (nSPS) is 25.3. The molecule has 6 nitrogen and oxygen atoms in total. The Kier molecular flexibility index (Phi) is 6.17. The highest BCUT2D eigenvalue weighted by Crippen LogP contribution is 2.45. The Morgan fingerprint density at radius 2 is 1.96 bits per heavy atom. The number of methoxy groups -OCH3 is 1. The van der Waals surface area contributed by atoms with E-state index in [0.717, 1.165) is 32.6 Å². The summed E-state index contributed by atoms with van der Waals surface area (Å²) in [6, 6.07) is 10.6. The molecule has 0 aromatic heterocycles. The van der Waals surface area contributed by atoms with Gasteiger partial charge in [0.15, 0.2) is 0 Å². The summed E-state index contributed by atoms with van der Waals surface area (Å²) in [7, 11) is 5.23. The van der Waals surface area contributed by atoms with Crippen LogP contribution in [0.25, 0.3) is 0 Å². The number of hydrogen-bond donors (Lipinski definition) is 0. The Bertz CT molecular complexity index is 664. The molecule has 0 aliphatic carbocycles. The lowest BCUT2D eigenvalue weighted by atomic mass is 9.68. The van der Waals surface area contributed by atoms with Crippen molar-refractivity contribution in [1.29, 1.82) is 0 Å². The lowest BCUT2D eigenvalue weighted by molar-refractivity contribution is -0.134. The van der Waals surface area contributed by atoms with Gasteiger partial charge in [-0.15, -0.1) is 0 Å². The Hall–Kier alpha value is -1.92. The average molecular weight is 373 g/mol. The van der Waals surface area contributed by atoms with E-state index in [9.17, 15) is 9.59 Å². The summed E-state index contributed by atoms with van der Waals surface area (Å²) in [5.41, 5.74) is 1.35. The highest BCUT2D eigenvalue weighted by molar-refractivity contribution is 5.78. The van der Waals surface area contributed by atoms with Crippen molar-refractivity contribution < 1.29 is 14.3 Å².